The van der Waals surface area contributed by atoms with Crippen LogP contribution in [-0.2, 0) is 9.59 Å². The summed E-state index contributed by atoms with van der Waals surface area (Å²) in [6, 6.07) is 3.23. The highest BCUT2D eigenvalue weighted by Gasteiger charge is 2.56. The van der Waals surface area contributed by atoms with E-state index in [4.69, 9.17) is 4.74 Å². The normalized spacial score (nSPS) is 30.4. The average molecular weight is 405 g/mol. The minimum Gasteiger partial charge on any atom is -0.503 e. The SMILES string of the molecule is COc1cc(/C=N/N2C(=O)[C@@H]3[C@@H](C2=O)[C@H]2C=C[C@@H]3CC2)cc(Br)c1O. The number of hydrogen-bond donors (Lipinski definition) is 1. The summed E-state index contributed by atoms with van der Waals surface area (Å²) in [4.78, 5) is 25.4. The fraction of sp³-hybridized carbons (Fsp3) is 0.389. The van der Waals surface area contributed by atoms with Crippen molar-refractivity contribution in [3.63, 3.8) is 0 Å². The number of rotatable bonds is 3. The number of hydrazone groups is 1. The Balaban J connectivity index is 1.62. The molecule has 0 radical (unpaired) electrons. The average Bonchev–Trinajstić information content (AvgIpc) is 2.90. The molecule has 4 atom stereocenters. The zero-order valence-corrected chi connectivity index (χ0v) is 15.1. The maximum Gasteiger partial charge on any atom is 0.254 e. The van der Waals surface area contributed by atoms with E-state index < -0.39 is 0 Å². The molecule has 4 aliphatic rings. The Labute approximate surface area is 153 Å². The Kier molecular flexibility index (Phi) is 3.91. The van der Waals surface area contributed by atoms with Crippen LogP contribution >= 0.6 is 15.9 Å². The van der Waals surface area contributed by atoms with Crippen LogP contribution in [0, 0.1) is 23.7 Å². The molecule has 2 fully saturated rings. The fourth-order valence-electron chi connectivity index (χ4n) is 4.12. The number of phenolic OH excluding ortho intramolecular Hbond substituents is 1. The molecule has 1 aromatic rings. The van der Waals surface area contributed by atoms with Crippen LogP contribution < -0.4 is 4.74 Å². The zero-order valence-electron chi connectivity index (χ0n) is 13.6. The van der Waals surface area contributed by atoms with Crippen molar-refractivity contribution in [3.05, 3.63) is 34.3 Å². The van der Waals surface area contributed by atoms with Crippen LogP contribution in [0.3, 0.4) is 0 Å². The molecule has 130 valence electrons. The number of carbonyl (C=O) groups excluding carboxylic acids is 2. The van der Waals surface area contributed by atoms with E-state index in [1.54, 1.807) is 12.1 Å². The zero-order chi connectivity index (χ0) is 17.7. The van der Waals surface area contributed by atoms with Crippen molar-refractivity contribution in [1.29, 1.82) is 0 Å². The molecule has 5 rings (SSSR count). The Morgan fingerprint density at radius 1 is 1.20 bits per heavy atom. The molecule has 2 amide bonds. The van der Waals surface area contributed by atoms with Crippen molar-refractivity contribution in [1.82, 2.24) is 5.01 Å². The first kappa shape index (κ1) is 16.3. The molecule has 25 heavy (non-hydrogen) atoms. The van der Waals surface area contributed by atoms with Crippen LogP contribution in [0.4, 0.5) is 0 Å². The first-order valence-corrected chi connectivity index (χ1v) is 8.97. The molecule has 6 nitrogen and oxygen atoms in total. The number of benzene rings is 1. The molecule has 1 aromatic carbocycles. The van der Waals surface area contributed by atoms with Crippen LogP contribution in [0.25, 0.3) is 0 Å². The van der Waals surface area contributed by atoms with Crippen LogP contribution in [0.15, 0.2) is 33.9 Å². The number of amides is 2. The van der Waals surface area contributed by atoms with Crippen molar-refractivity contribution in [3.8, 4) is 11.5 Å². The van der Waals surface area contributed by atoms with E-state index >= 15 is 0 Å². The monoisotopic (exact) mass is 404 g/mol. The largest absolute Gasteiger partial charge is 0.503 e. The topological polar surface area (TPSA) is 79.2 Å². The van der Waals surface area contributed by atoms with Gasteiger partial charge in [-0.25, -0.2) is 0 Å². The Morgan fingerprint density at radius 3 is 2.32 bits per heavy atom. The molecule has 7 heteroatoms. The summed E-state index contributed by atoms with van der Waals surface area (Å²) in [7, 11) is 1.45. The summed E-state index contributed by atoms with van der Waals surface area (Å²) in [5, 5.41) is 15.0. The summed E-state index contributed by atoms with van der Waals surface area (Å²) in [6.45, 7) is 0. The molecule has 1 saturated carbocycles. The summed E-state index contributed by atoms with van der Waals surface area (Å²) < 4.78 is 5.54. The van der Waals surface area contributed by atoms with Gasteiger partial charge in [0, 0.05) is 0 Å². The number of methoxy groups -OCH3 is 1. The van der Waals surface area contributed by atoms with Crippen LogP contribution in [0.5, 0.6) is 11.5 Å². The Morgan fingerprint density at radius 2 is 1.80 bits per heavy atom. The quantitative estimate of drug-likeness (QED) is 0.477. The standard InChI is InChI=1S/C18H17BrN2O4/c1-25-13-7-9(6-12(19)16(13)22)8-20-21-17(23)14-10-2-3-11(5-4-10)15(14)18(21)24/h2-3,6-8,10-11,14-15,22H,4-5H2,1H3/b20-8+/t10-,11+,14-,15-/m0/s1. The minimum absolute atomic E-state index is 0.0124. The highest BCUT2D eigenvalue weighted by Crippen LogP contribution is 2.49. The van der Waals surface area contributed by atoms with E-state index in [2.05, 4.69) is 33.2 Å². The number of halogens is 1. The first-order chi connectivity index (χ1) is 12.0. The molecule has 0 aromatic heterocycles. The summed E-state index contributed by atoms with van der Waals surface area (Å²) >= 11 is 3.24. The Hall–Kier alpha value is -2.15. The van der Waals surface area contributed by atoms with Gasteiger partial charge in [0.1, 0.15) is 0 Å². The van der Waals surface area contributed by atoms with Crippen molar-refractivity contribution >= 4 is 34.0 Å². The van der Waals surface area contributed by atoms with Crippen LogP contribution in [0.2, 0.25) is 0 Å². The van der Waals surface area contributed by atoms with E-state index in [0.29, 0.717) is 10.0 Å². The third-order valence-corrected chi connectivity index (χ3v) is 5.93. The molecular formula is C18H17BrN2O4. The molecule has 1 N–H and O–H groups in total. The van der Waals surface area contributed by atoms with Gasteiger partial charge in [0.25, 0.3) is 11.8 Å². The number of hydrogen-bond acceptors (Lipinski definition) is 5. The van der Waals surface area contributed by atoms with Crippen molar-refractivity contribution in [2.24, 2.45) is 28.8 Å². The van der Waals surface area contributed by atoms with Gasteiger partial charge in [-0.1, -0.05) is 12.2 Å². The second-order valence-corrected chi connectivity index (χ2v) is 7.48. The highest BCUT2D eigenvalue weighted by molar-refractivity contribution is 9.10. The number of ether oxygens (including phenoxy) is 1. The minimum atomic E-state index is -0.269. The lowest BCUT2D eigenvalue weighted by Crippen LogP contribution is -2.38. The Bertz CT molecular complexity index is 788. The molecule has 3 aliphatic carbocycles. The predicted octanol–water partition coefficient (Wildman–Crippen LogP) is 2.69. The number of nitrogens with zero attached hydrogens (tertiary/aromatic N) is 2. The number of carbonyl (C=O) groups is 2. The van der Waals surface area contributed by atoms with Gasteiger partial charge in [0.2, 0.25) is 0 Å². The second-order valence-electron chi connectivity index (χ2n) is 6.63. The van der Waals surface area contributed by atoms with Crippen molar-refractivity contribution in [2.75, 3.05) is 7.11 Å². The lowest BCUT2D eigenvalue weighted by molar-refractivity contribution is -0.140. The van der Waals surface area contributed by atoms with E-state index in [1.807, 2.05) is 0 Å². The molecular weight excluding hydrogens is 388 g/mol. The van der Waals surface area contributed by atoms with E-state index in [0.717, 1.165) is 17.9 Å². The molecule has 0 spiro atoms. The van der Waals surface area contributed by atoms with E-state index in [-0.39, 0.29) is 47.0 Å². The third-order valence-electron chi connectivity index (χ3n) is 5.33. The molecule has 0 unspecified atom stereocenters. The van der Waals surface area contributed by atoms with Gasteiger partial charge in [0.05, 0.1) is 29.6 Å². The van der Waals surface area contributed by atoms with Gasteiger partial charge in [0.15, 0.2) is 11.5 Å². The van der Waals surface area contributed by atoms with Crippen LogP contribution in [0.1, 0.15) is 18.4 Å². The molecule has 1 saturated heterocycles. The first-order valence-electron chi connectivity index (χ1n) is 8.18. The van der Waals surface area contributed by atoms with Crippen molar-refractivity contribution < 1.29 is 19.4 Å². The number of phenols is 1. The summed E-state index contributed by atoms with van der Waals surface area (Å²) in [5.41, 5.74) is 0.609. The fourth-order valence-corrected chi connectivity index (χ4v) is 4.58. The third kappa shape index (κ3) is 2.49. The molecule has 1 heterocycles. The van der Waals surface area contributed by atoms with E-state index in [1.165, 1.54) is 13.3 Å². The van der Waals surface area contributed by atoms with Gasteiger partial charge >= 0.3 is 0 Å². The molecule has 2 bridgehead atoms. The van der Waals surface area contributed by atoms with Gasteiger partial charge in [-0.15, -0.1) is 0 Å². The smallest absolute Gasteiger partial charge is 0.254 e. The van der Waals surface area contributed by atoms with E-state index in [9.17, 15) is 14.7 Å². The lowest BCUT2D eigenvalue weighted by Gasteiger charge is -2.37. The lowest BCUT2D eigenvalue weighted by atomic mass is 9.63. The van der Waals surface area contributed by atoms with Crippen molar-refractivity contribution in [2.45, 2.75) is 12.8 Å². The van der Waals surface area contributed by atoms with Gasteiger partial charge in [-0.2, -0.15) is 10.1 Å². The number of allylic oxidation sites excluding steroid dienone is 2. The highest BCUT2D eigenvalue weighted by atomic mass is 79.9. The van der Waals surface area contributed by atoms with Gasteiger partial charge in [-0.05, 0) is 58.3 Å². The molecule has 1 aliphatic heterocycles. The maximum absolute atomic E-state index is 12.7. The second kappa shape index (κ2) is 5.98. The predicted molar refractivity (Wildman–Crippen MR) is 94.1 cm³/mol. The summed E-state index contributed by atoms with van der Waals surface area (Å²) in [5.74, 6) is -0.397. The van der Waals surface area contributed by atoms with Crippen LogP contribution in [-0.4, -0.2) is 35.3 Å². The number of imide groups is 1. The maximum atomic E-state index is 12.7. The number of aromatic hydroxyl groups is 1. The van der Waals surface area contributed by atoms with Gasteiger partial charge in [-0.3, -0.25) is 9.59 Å². The summed E-state index contributed by atoms with van der Waals surface area (Å²) in [6.07, 6.45) is 7.52. The van der Waals surface area contributed by atoms with Gasteiger partial charge < -0.3 is 9.84 Å². The number of fused-ring (bicyclic) bond motifs is 1.